The van der Waals surface area contributed by atoms with Crippen molar-refractivity contribution in [1.82, 2.24) is 4.90 Å². The fourth-order valence-corrected chi connectivity index (χ4v) is 4.08. The second-order valence-electron chi connectivity index (χ2n) is 8.98. The number of nitrogens with zero attached hydrogens (tertiary/aromatic N) is 1. The molecule has 4 heteroatoms. The van der Waals surface area contributed by atoms with Crippen LogP contribution in [0, 0.1) is 11.8 Å². The molecular formula is C26H32N2O2. The van der Waals surface area contributed by atoms with Crippen LogP contribution in [0.4, 0.5) is 4.79 Å². The molecule has 0 bridgehead atoms. The van der Waals surface area contributed by atoms with Crippen molar-refractivity contribution in [3.05, 3.63) is 60.2 Å². The molecule has 30 heavy (non-hydrogen) atoms. The molecule has 158 valence electrons. The zero-order chi connectivity index (χ0) is 21.8. The van der Waals surface area contributed by atoms with E-state index in [4.69, 9.17) is 10.5 Å². The topological polar surface area (TPSA) is 55.6 Å². The van der Waals surface area contributed by atoms with E-state index in [1.807, 2.05) is 39.0 Å². The second kappa shape index (κ2) is 8.93. The van der Waals surface area contributed by atoms with E-state index in [0.717, 1.165) is 24.0 Å². The maximum absolute atomic E-state index is 13.0. The number of rotatable bonds is 3. The summed E-state index contributed by atoms with van der Waals surface area (Å²) in [6.07, 6.45) is 1.88. The highest BCUT2D eigenvalue weighted by Crippen LogP contribution is 2.31. The van der Waals surface area contributed by atoms with Crippen molar-refractivity contribution in [3.63, 3.8) is 0 Å². The summed E-state index contributed by atoms with van der Waals surface area (Å²) < 4.78 is 5.69. The Morgan fingerprint density at radius 2 is 1.87 bits per heavy atom. The van der Waals surface area contributed by atoms with Gasteiger partial charge < -0.3 is 15.4 Å². The summed E-state index contributed by atoms with van der Waals surface area (Å²) in [6.45, 7) is 8.08. The number of hydrogen-bond acceptors (Lipinski definition) is 3. The Hall–Kier alpha value is -2.77. The molecule has 1 fully saturated rings. The minimum absolute atomic E-state index is 0.250. The van der Waals surface area contributed by atoms with E-state index in [9.17, 15) is 4.79 Å². The van der Waals surface area contributed by atoms with Gasteiger partial charge in [0, 0.05) is 6.54 Å². The lowest BCUT2D eigenvalue weighted by molar-refractivity contribution is 0.00148. The molecule has 0 saturated carbocycles. The molecule has 1 aliphatic rings. The number of hydrogen-bond donors (Lipinski definition) is 1. The molecule has 0 aliphatic carbocycles. The van der Waals surface area contributed by atoms with Crippen LogP contribution >= 0.6 is 0 Å². The van der Waals surface area contributed by atoms with Gasteiger partial charge >= 0.3 is 6.09 Å². The highest BCUT2D eigenvalue weighted by molar-refractivity contribution is 5.69. The fraction of sp³-hybridized carbons (Fsp3) is 0.423. The van der Waals surface area contributed by atoms with Crippen LogP contribution in [-0.4, -0.2) is 34.7 Å². The van der Waals surface area contributed by atoms with Gasteiger partial charge in [0.15, 0.2) is 0 Å². The van der Waals surface area contributed by atoms with Gasteiger partial charge in [0.05, 0.1) is 11.6 Å². The lowest BCUT2D eigenvalue weighted by Crippen LogP contribution is -2.64. The van der Waals surface area contributed by atoms with Crippen LogP contribution in [0.2, 0.25) is 0 Å². The summed E-state index contributed by atoms with van der Waals surface area (Å²) in [5, 5.41) is 0. The summed E-state index contributed by atoms with van der Waals surface area (Å²) in [5.74, 6) is 6.19. The third-order valence-corrected chi connectivity index (χ3v) is 5.41. The van der Waals surface area contributed by atoms with Gasteiger partial charge in [-0.2, -0.15) is 0 Å². The van der Waals surface area contributed by atoms with Crippen molar-refractivity contribution in [2.24, 2.45) is 5.73 Å². The molecule has 1 heterocycles. The van der Waals surface area contributed by atoms with Crippen molar-refractivity contribution >= 4 is 6.09 Å². The predicted octanol–water partition coefficient (Wildman–Crippen LogP) is 5.02. The highest BCUT2D eigenvalue weighted by atomic mass is 16.6. The summed E-state index contributed by atoms with van der Waals surface area (Å²) >= 11 is 0. The van der Waals surface area contributed by atoms with E-state index in [-0.39, 0.29) is 12.1 Å². The van der Waals surface area contributed by atoms with E-state index in [2.05, 4.69) is 48.2 Å². The minimum Gasteiger partial charge on any atom is -0.444 e. The van der Waals surface area contributed by atoms with E-state index >= 15 is 0 Å². The number of amides is 1. The molecule has 3 rings (SSSR count). The molecule has 2 N–H and O–H groups in total. The first-order chi connectivity index (χ1) is 14.2. The average Bonchev–Trinajstić information content (AvgIpc) is 2.69. The average molecular weight is 405 g/mol. The van der Waals surface area contributed by atoms with Crippen LogP contribution in [-0.2, 0) is 11.2 Å². The Morgan fingerprint density at radius 3 is 2.53 bits per heavy atom. The molecule has 1 saturated heterocycles. The first-order valence-electron chi connectivity index (χ1n) is 10.6. The normalized spacial score (nSPS) is 21.5. The first kappa shape index (κ1) is 21.9. The molecule has 2 unspecified atom stereocenters. The van der Waals surface area contributed by atoms with Crippen molar-refractivity contribution in [3.8, 4) is 23.0 Å². The largest absolute Gasteiger partial charge is 0.444 e. The molecule has 2 atom stereocenters. The van der Waals surface area contributed by atoms with Gasteiger partial charge in [0.1, 0.15) is 5.60 Å². The molecule has 0 aromatic heterocycles. The zero-order valence-corrected chi connectivity index (χ0v) is 18.4. The van der Waals surface area contributed by atoms with Crippen LogP contribution in [0.15, 0.2) is 54.6 Å². The summed E-state index contributed by atoms with van der Waals surface area (Å²) in [4.78, 5) is 14.8. The molecular weight excluding hydrogens is 372 g/mol. The van der Waals surface area contributed by atoms with Gasteiger partial charge in [0.2, 0.25) is 0 Å². The molecule has 2 aromatic carbocycles. The van der Waals surface area contributed by atoms with Gasteiger partial charge in [-0.25, -0.2) is 4.79 Å². The van der Waals surface area contributed by atoms with Crippen molar-refractivity contribution in [1.29, 1.82) is 0 Å². The Labute approximate surface area is 180 Å². The predicted molar refractivity (Wildman–Crippen MR) is 122 cm³/mol. The number of benzene rings is 2. The lowest BCUT2D eigenvalue weighted by Gasteiger charge is -2.45. The van der Waals surface area contributed by atoms with Crippen LogP contribution < -0.4 is 5.73 Å². The summed E-state index contributed by atoms with van der Waals surface area (Å²) in [7, 11) is 0. The minimum atomic E-state index is -0.757. The third-order valence-electron chi connectivity index (χ3n) is 5.41. The van der Waals surface area contributed by atoms with Gasteiger partial charge in [-0.05, 0) is 63.6 Å². The summed E-state index contributed by atoms with van der Waals surface area (Å²) in [5.41, 5.74) is 8.91. The highest BCUT2D eigenvalue weighted by Gasteiger charge is 2.44. The SMILES string of the molecule is CC#CC1(N)CCCN(C(=O)OC(C)(C)C)C1Cc1cccc(-c2ccccc2)c1. The van der Waals surface area contributed by atoms with Gasteiger partial charge in [-0.3, -0.25) is 0 Å². The number of piperidine rings is 1. The summed E-state index contributed by atoms with van der Waals surface area (Å²) in [6, 6.07) is 18.5. The van der Waals surface area contributed by atoms with Crippen molar-refractivity contribution in [2.45, 2.75) is 64.1 Å². The van der Waals surface area contributed by atoms with E-state index < -0.39 is 11.1 Å². The monoisotopic (exact) mass is 404 g/mol. The molecule has 2 aromatic rings. The van der Waals surface area contributed by atoms with Crippen molar-refractivity contribution in [2.75, 3.05) is 6.54 Å². The van der Waals surface area contributed by atoms with E-state index in [1.165, 1.54) is 5.56 Å². The van der Waals surface area contributed by atoms with Crippen molar-refractivity contribution < 1.29 is 9.53 Å². The Morgan fingerprint density at radius 1 is 1.17 bits per heavy atom. The maximum atomic E-state index is 13.0. The lowest BCUT2D eigenvalue weighted by atomic mass is 9.79. The molecule has 1 amide bonds. The van der Waals surface area contributed by atoms with Crippen LogP contribution in [0.25, 0.3) is 11.1 Å². The van der Waals surface area contributed by atoms with Gasteiger partial charge in [-0.1, -0.05) is 60.5 Å². The maximum Gasteiger partial charge on any atom is 0.410 e. The quantitative estimate of drug-likeness (QED) is 0.731. The molecule has 1 aliphatic heterocycles. The van der Waals surface area contributed by atoms with Crippen LogP contribution in [0.5, 0.6) is 0 Å². The van der Waals surface area contributed by atoms with Crippen LogP contribution in [0.3, 0.4) is 0 Å². The van der Waals surface area contributed by atoms with E-state index in [1.54, 1.807) is 11.8 Å². The fourth-order valence-electron chi connectivity index (χ4n) is 4.08. The molecule has 0 radical (unpaired) electrons. The second-order valence-corrected chi connectivity index (χ2v) is 8.98. The first-order valence-corrected chi connectivity index (χ1v) is 10.6. The number of nitrogens with two attached hydrogens (primary N) is 1. The number of carbonyl (C=O) groups is 1. The number of ether oxygens (including phenoxy) is 1. The standard InChI is InChI=1S/C26H32N2O2/c1-5-15-26(27)16-10-17-28(24(29)30-25(2,3)4)23(26)19-20-11-9-14-22(18-20)21-12-7-6-8-13-21/h6-9,11-14,18,23H,10,16-17,19,27H2,1-4H3. The zero-order valence-electron chi connectivity index (χ0n) is 18.4. The van der Waals surface area contributed by atoms with Gasteiger partial charge in [-0.15, -0.1) is 5.92 Å². The van der Waals surface area contributed by atoms with E-state index in [0.29, 0.717) is 13.0 Å². The molecule has 0 spiro atoms. The van der Waals surface area contributed by atoms with Gasteiger partial charge in [0.25, 0.3) is 0 Å². The Bertz CT molecular complexity index is 937. The Kier molecular flexibility index (Phi) is 6.53. The smallest absolute Gasteiger partial charge is 0.410 e. The number of likely N-dealkylation sites (tertiary alicyclic amines) is 1. The third kappa shape index (κ3) is 5.23. The van der Waals surface area contributed by atoms with Crippen LogP contribution in [0.1, 0.15) is 46.1 Å². The number of carbonyl (C=O) groups excluding carboxylic acids is 1. The Balaban J connectivity index is 1.93. The molecule has 4 nitrogen and oxygen atoms in total.